The van der Waals surface area contributed by atoms with Gasteiger partial charge in [0.1, 0.15) is 5.82 Å². The number of hydrogen-bond donors (Lipinski definition) is 2. The van der Waals surface area contributed by atoms with Crippen LogP contribution in [0.15, 0.2) is 30.6 Å². The molecular weight excluding hydrogens is 657 g/mol. The summed E-state index contributed by atoms with van der Waals surface area (Å²) < 4.78 is 57.9. The van der Waals surface area contributed by atoms with Crippen molar-refractivity contribution in [1.82, 2.24) is 19.2 Å². The molecule has 262 valence electrons. The van der Waals surface area contributed by atoms with Crippen LogP contribution in [-0.4, -0.2) is 124 Å². The fraction of sp³-hybridized carbons (Fsp3) is 0.515. The Morgan fingerprint density at radius 1 is 1.04 bits per heavy atom. The van der Waals surface area contributed by atoms with Crippen LogP contribution in [0, 0.1) is 11.7 Å². The summed E-state index contributed by atoms with van der Waals surface area (Å²) in [6.45, 7) is 6.62. The maximum atomic E-state index is 15.8. The number of benzene rings is 1. The van der Waals surface area contributed by atoms with Crippen molar-refractivity contribution in [3.63, 3.8) is 0 Å². The van der Waals surface area contributed by atoms with E-state index in [9.17, 15) is 13.2 Å². The first kappa shape index (κ1) is 33.5. The smallest absolute Gasteiger partial charge is 0.301 e. The number of carboxylic acid groups (broad SMARTS) is 1. The van der Waals surface area contributed by atoms with Crippen molar-refractivity contribution in [3.05, 3.63) is 42.0 Å². The summed E-state index contributed by atoms with van der Waals surface area (Å²) in [6.07, 6.45) is 5.73. The third-order valence-corrected chi connectivity index (χ3v) is 11.8. The Labute approximate surface area is 284 Å². The van der Waals surface area contributed by atoms with Crippen molar-refractivity contribution in [3.8, 4) is 11.1 Å². The molecular formula is C33H40FN7O7S. The number of amides is 1. The number of carbonyl (C=O) groups excluding carboxylic acids is 1. The van der Waals surface area contributed by atoms with Gasteiger partial charge in [-0.25, -0.2) is 9.37 Å². The lowest BCUT2D eigenvalue weighted by molar-refractivity contribution is -0.125. The van der Waals surface area contributed by atoms with Gasteiger partial charge < -0.3 is 24.4 Å². The van der Waals surface area contributed by atoms with E-state index in [0.29, 0.717) is 41.7 Å². The lowest BCUT2D eigenvalue weighted by Gasteiger charge is -2.43. The first-order chi connectivity index (χ1) is 23.6. The normalized spacial score (nSPS) is 21.1. The number of rotatable bonds is 7. The van der Waals surface area contributed by atoms with E-state index in [1.165, 1.54) is 10.4 Å². The summed E-state index contributed by atoms with van der Waals surface area (Å²) in [5.41, 5.74) is 2.56. The highest BCUT2D eigenvalue weighted by atomic mass is 32.2. The predicted molar refractivity (Wildman–Crippen MR) is 180 cm³/mol. The van der Waals surface area contributed by atoms with Crippen LogP contribution in [0.5, 0.6) is 0 Å². The van der Waals surface area contributed by atoms with E-state index in [-0.39, 0.29) is 31.0 Å². The number of anilines is 3. The van der Waals surface area contributed by atoms with E-state index in [2.05, 4.69) is 19.5 Å². The second kappa shape index (κ2) is 13.4. The number of ether oxygens (including phenoxy) is 2. The molecule has 1 saturated carbocycles. The van der Waals surface area contributed by atoms with Gasteiger partial charge in [0, 0.05) is 93.1 Å². The lowest BCUT2D eigenvalue weighted by atomic mass is 9.64. The first-order valence-electron chi connectivity index (χ1n) is 16.5. The largest absolute Gasteiger partial charge is 0.483 e. The number of nitrogens with one attached hydrogen (secondary N) is 1. The minimum absolute atomic E-state index is 0.0567. The van der Waals surface area contributed by atoms with Gasteiger partial charge in [0.2, 0.25) is 5.91 Å². The second-order valence-electron chi connectivity index (χ2n) is 13.2. The van der Waals surface area contributed by atoms with Gasteiger partial charge in [-0.2, -0.15) is 12.7 Å². The number of hydrogen-bond acceptors (Lipinski definition) is 10. The third-order valence-electron chi connectivity index (χ3n) is 10.3. The molecule has 16 heteroatoms. The molecule has 8 rings (SSSR count). The van der Waals surface area contributed by atoms with E-state index in [1.54, 1.807) is 36.5 Å². The molecule has 4 aliphatic heterocycles. The minimum atomic E-state index is -3.92. The minimum Gasteiger partial charge on any atom is -0.483 e. The fourth-order valence-corrected chi connectivity index (χ4v) is 8.83. The summed E-state index contributed by atoms with van der Waals surface area (Å²) in [7, 11) is -2.15. The van der Waals surface area contributed by atoms with Gasteiger partial charge in [0.05, 0.1) is 54.9 Å². The molecule has 49 heavy (non-hydrogen) atoms. The SMILES string of the molecule is CN1C(=O)C2(CCC2)c2c1cnc1cc(F)c(-c3cnc(N4CC(CN5CCOCC5)C4)c(NS(=O)(=O)N4CCOCC4)c3)cc21.O=CO. The lowest BCUT2D eigenvalue weighted by Crippen LogP contribution is -2.53. The number of morpholine rings is 2. The van der Waals surface area contributed by atoms with Crippen LogP contribution in [0.2, 0.25) is 0 Å². The second-order valence-corrected chi connectivity index (χ2v) is 14.8. The Hall–Kier alpha value is -3.96. The molecule has 3 saturated heterocycles. The summed E-state index contributed by atoms with van der Waals surface area (Å²) in [5, 5.41) is 7.62. The van der Waals surface area contributed by atoms with E-state index in [4.69, 9.17) is 24.4 Å². The molecule has 0 bridgehead atoms. The molecule has 2 N–H and O–H groups in total. The fourth-order valence-electron chi connectivity index (χ4n) is 7.64. The van der Waals surface area contributed by atoms with E-state index < -0.39 is 21.4 Å². The van der Waals surface area contributed by atoms with Gasteiger partial charge in [-0.1, -0.05) is 6.42 Å². The highest BCUT2D eigenvalue weighted by Crippen LogP contribution is 2.55. The summed E-state index contributed by atoms with van der Waals surface area (Å²) in [4.78, 5) is 37.1. The number of likely N-dealkylation sites (N-methyl/N-ethyl adjacent to an activating group) is 1. The Kier molecular flexibility index (Phi) is 9.17. The summed E-state index contributed by atoms with van der Waals surface area (Å²) in [5.74, 6) is 0.506. The van der Waals surface area contributed by atoms with Crippen molar-refractivity contribution in [2.75, 3.05) is 93.8 Å². The Morgan fingerprint density at radius 3 is 2.37 bits per heavy atom. The average molecular weight is 698 g/mol. The van der Waals surface area contributed by atoms with Crippen LogP contribution >= 0.6 is 0 Å². The van der Waals surface area contributed by atoms with Crippen LogP contribution < -0.4 is 14.5 Å². The molecule has 1 aromatic carbocycles. The third kappa shape index (κ3) is 6.09. The average Bonchev–Trinajstić information content (AvgIpc) is 3.30. The number of pyridine rings is 2. The molecule has 0 unspecified atom stereocenters. The Balaban J connectivity index is 0.00000122. The van der Waals surface area contributed by atoms with E-state index in [1.807, 2.05) is 0 Å². The van der Waals surface area contributed by atoms with E-state index in [0.717, 1.165) is 81.8 Å². The molecule has 6 heterocycles. The number of halogens is 1. The number of aromatic nitrogens is 2. The van der Waals surface area contributed by atoms with Crippen molar-refractivity contribution in [2.45, 2.75) is 24.7 Å². The molecule has 3 aromatic rings. The number of carbonyl (C=O) groups is 2. The molecule has 2 aromatic heterocycles. The van der Waals surface area contributed by atoms with Crippen LogP contribution in [0.3, 0.4) is 0 Å². The van der Waals surface area contributed by atoms with Gasteiger partial charge in [0.15, 0.2) is 5.82 Å². The zero-order valence-electron chi connectivity index (χ0n) is 27.3. The molecule has 1 spiro atoms. The van der Waals surface area contributed by atoms with Crippen LogP contribution in [0.1, 0.15) is 24.8 Å². The number of nitrogens with zero attached hydrogens (tertiary/aromatic N) is 6. The predicted octanol–water partition coefficient (Wildman–Crippen LogP) is 2.29. The zero-order chi connectivity index (χ0) is 34.3. The Morgan fingerprint density at radius 2 is 1.71 bits per heavy atom. The molecule has 0 radical (unpaired) electrons. The van der Waals surface area contributed by atoms with Crippen LogP contribution in [0.4, 0.5) is 21.6 Å². The summed E-state index contributed by atoms with van der Waals surface area (Å²) in [6, 6.07) is 4.83. The van der Waals surface area contributed by atoms with Gasteiger partial charge in [-0.3, -0.25) is 24.2 Å². The topological polar surface area (TPSA) is 158 Å². The molecule has 5 aliphatic rings. The van der Waals surface area contributed by atoms with Crippen molar-refractivity contribution in [2.24, 2.45) is 5.92 Å². The van der Waals surface area contributed by atoms with E-state index >= 15 is 4.39 Å². The van der Waals surface area contributed by atoms with Gasteiger partial charge in [-0.15, -0.1) is 0 Å². The standard InChI is InChI=1S/C32H38FN7O5S.CH2O2/c1-37-28-17-34-26-15-25(33)23(14-24(26)29(28)32(31(37)41)3-2-4-32)22-13-27(36-46(42,43)40-7-11-45-12-8-40)30(35-16-22)39-19-21(20-39)18-38-5-9-44-10-6-38;2-1-3/h13-17,21,36H,2-12,18-20H2,1H3;1H,(H,2,3). The Bertz CT molecular complexity index is 1860. The molecule has 4 fully saturated rings. The maximum absolute atomic E-state index is 15.8. The van der Waals surface area contributed by atoms with Crippen LogP contribution in [-0.2, 0) is 34.7 Å². The van der Waals surface area contributed by atoms with Crippen molar-refractivity contribution >= 4 is 50.7 Å². The molecule has 1 aliphatic carbocycles. The highest BCUT2D eigenvalue weighted by Gasteiger charge is 2.54. The van der Waals surface area contributed by atoms with Crippen molar-refractivity contribution in [1.29, 1.82) is 0 Å². The molecule has 14 nitrogen and oxygen atoms in total. The van der Waals surface area contributed by atoms with Gasteiger partial charge in [-0.05, 0) is 25.0 Å². The van der Waals surface area contributed by atoms with Crippen LogP contribution in [0.25, 0.3) is 22.0 Å². The molecule has 1 amide bonds. The van der Waals surface area contributed by atoms with Gasteiger partial charge in [0.25, 0.3) is 6.47 Å². The quantitative estimate of drug-likeness (QED) is 0.349. The van der Waals surface area contributed by atoms with Crippen molar-refractivity contribution < 1.29 is 37.0 Å². The monoisotopic (exact) mass is 697 g/mol. The zero-order valence-corrected chi connectivity index (χ0v) is 28.1. The maximum Gasteiger partial charge on any atom is 0.301 e. The summed E-state index contributed by atoms with van der Waals surface area (Å²) >= 11 is 0. The number of fused-ring (bicyclic) bond motifs is 4. The highest BCUT2D eigenvalue weighted by molar-refractivity contribution is 7.90. The molecule has 0 atom stereocenters. The van der Waals surface area contributed by atoms with Gasteiger partial charge >= 0.3 is 10.2 Å². The first-order valence-corrected chi connectivity index (χ1v) is 18.0.